The molecular formula is C23H34N2. The average Bonchev–Trinajstić information content (AvgIpc) is 2.99. The lowest BCUT2D eigenvalue weighted by Gasteiger charge is -2.60. The molecular weight excluding hydrogens is 304 g/mol. The fourth-order valence-electron chi connectivity index (χ4n) is 8.35. The molecule has 0 aromatic carbocycles. The first-order valence-corrected chi connectivity index (χ1v) is 10.9. The van der Waals surface area contributed by atoms with E-state index in [1.165, 1.54) is 69.8 Å². The van der Waals surface area contributed by atoms with Gasteiger partial charge in [0.25, 0.3) is 0 Å². The third-order valence-electron chi connectivity index (χ3n) is 9.59. The van der Waals surface area contributed by atoms with Gasteiger partial charge in [-0.2, -0.15) is 10.2 Å². The Hall–Kier alpha value is -0.920. The Kier molecular flexibility index (Phi) is 3.77. The van der Waals surface area contributed by atoms with Crippen LogP contribution in [0.5, 0.6) is 0 Å². The zero-order chi connectivity index (χ0) is 17.1. The van der Waals surface area contributed by atoms with Gasteiger partial charge in [0, 0.05) is 6.20 Å². The second kappa shape index (κ2) is 5.79. The summed E-state index contributed by atoms with van der Waals surface area (Å²) in [7, 11) is 0. The zero-order valence-electron chi connectivity index (χ0n) is 16.1. The molecule has 25 heavy (non-hydrogen) atoms. The van der Waals surface area contributed by atoms with Gasteiger partial charge in [0.15, 0.2) is 0 Å². The molecule has 5 rings (SSSR count). The molecule has 4 saturated carbocycles. The lowest BCUT2D eigenvalue weighted by Crippen LogP contribution is -2.52. The fraction of sp³-hybridized carbons (Fsp3) is 0.826. The van der Waals surface area contributed by atoms with Crippen LogP contribution in [0.3, 0.4) is 0 Å². The molecule has 1 aromatic rings. The van der Waals surface area contributed by atoms with Crippen LogP contribution in [0.15, 0.2) is 18.5 Å². The highest BCUT2D eigenvalue weighted by Crippen LogP contribution is 2.68. The van der Waals surface area contributed by atoms with Crippen LogP contribution in [-0.4, -0.2) is 10.2 Å². The van der Waals surface area contributed by atoms with Crippen LogP contribution in [0.25, 0.3) is 0 Å². The van der Waals surface area contributed by atoms with Gasteiger partial charge in [-0.25, -0.2) is 0 Å². The summed E-state index contributed by atoms with van der Waals surface area (Å²) >= 11 is 0. The van der Waals surface area contributed by atoms with E-state index in [1.54, 1.807) is 0 Å². The van der Waals surface area contributed by atoms with Gasteiger partial charge < -0.3 is 0 Å². The van der Waals surface area contributed by atoms with Crippen LogP contribution in [0.4, 0.5) is 0 Å². The molecule has 0 saturated heterocycles. The Bertz CT molecular complexity index is 628. The quantitative estimate of drug-likeness (QED) is 0.628. The van der Waals surface area contributed by atoms with E-state index in [4.69, 9.17) is 0 Å². The first-order chi connectivity index (χ1) is 12.1. The van der Waals surface area contributed by atoms with Crippen molar-refractivity contribution in [1.29, 1.82) is 0 Å². The highest BCUT2D eigenvalue weighted by molar-refractivity contribution is 5.22. The van der Waals surface area contributed by atoms with E-state index >= 15 is 0 Å². The minimum Gasteiger partial charge on any atom is -0.159 e. The molecule has 2 nitrogen and oxygen atoms in total. The molecule has 0 radical (unpaired) electrons. The van der Waals surface area contributed by atoms with Gasteiger partial charge in [-0.05, 0) is 103 Å². The topological polar surface area (TPSA) is 25.8 Å². The Morgan fingerprint density at radius 2 is 1.72 bits per heavy atom. The van der Waals surface area contributed by atoms with E-state index in [9.17, 15) is 0 Å². The Balaban J connectivity index is 1.45. The van der Waals surface area contributed by atoms with Crippen LogP contribution in [0, 0.1) is 34.5 Å². The minimum absolute atomic E-state index is 0.502. The molecule has 1 aromatic heterocycles. The van der Waals surface area contributed by atoms with E-state index in [1.807, 2.05) is 12.4 Å². The number of nitrogens with zero attached hydrogens (tertiary/aromatic N) is 2. The lowest BCUT2D eigenvalue weighted by molar-refractivity contribution is -0.105. The molecule has 7 atom stereocenters. The summed E-state index contributed by atoms with van der Waals surface area (Å²) in [6.45, 7) is 5.32. The third kappa shape index (κ3) is 2.28. The fourth-order valence-corrected chi connectivity index (χ4v) is 8.35. The molecule has 4 aliphatic rings. The van der Waals surface area contributed by atoms with E-state index in [0.717, 1.165) is 23.7 Å². The maximum atomic E-state index is 4.19. The van der Waals surface area contributed by atoms with E-state index < -0.39 is 0 Å². The summed E-state index contributed by atoms with van der Waals surface area (Å²) in [6.07, 6.45) is 18.7. The minimum atomic E-state index is 0.502. The van der Waals surface area contributed by atoms with Crippen molar-refractivity contribution < 1.29 is 0 Å². The predicted octanol–water partition coefficient (Wildman–Crippen LogP) is 5.99. The van der Waals surface area contributed by atoms with E-state index in [-0.39, 0.29) is 0 Å². The Labute approximate surface area is 153 Å². The van der Waals surface area contributed by atoms with Gasteiger partial charge in [0.05, 0.1) is 6.20 Å². The van der Waals surface area contributed by atoms with Gasteiger partial charge in [0.1, 0.15) is 0 Å². The number of hydrogen-bond acceptors (Lipinski definition) is 2. The summed E-state index contributed by atoms with van der Waals surface area (Å²) < 4.78 is 0. The van der Waals surface area contributed by atoms with Crippen LogP contribution >= 0.6 is 0 Å². The molecule has 0 spiro atoms. The monoisotopic (exact) mass is 338 g/mol. The lowest BCUT2D eigenvalue weighted by atomic mass is 9.45. The SMILES string of the molecule is C[C@]12CCCC[C@H]1CC[C@@H]1[C@@H]2CC[C@]2(C)C(c3ccnnc3)CC[C@@H]12. The molecule has 1 unspecified atom stereocenters. The Morgan fingerprint density at radius 3 is 2.56 bits per heavy atom. The van der Waals surface area contributed by atoms with Crippen molar-refractivity contribution in [2.24, 2.45) is 34.5 Å². The first kappa shape index (κ1) is 16.3. The van der Waals surface area contributed by atoms with Gasteiger partial charge >= 0.3 is 0 Å². The van der Waals surface area contributed by atoms with Crippen molar-refractivity contribution in [3.63, 3.8) is 0 Å². The van der Waals surface area contributed by atoms with Crippen molar-refractivity contribution in [3.8, 4) is 0 Å². The van der Waals surface area contributed by atoms with Crippen molar-refractivity contribution in [2.75, 3.05) is 0 Å². The molecule has 0 amide bonds. The van der Waals surface area contributed by atoms with Crippen LogP contribution in [-0.2, 0) is 0 Å². The van der Waals surface area contributed by atoms with E-state index in [2.05, 4.69) is 30.1 Å². The van der Waals surface area contributed by atoms with Crippen LogP contribution in [0.2, 0.25) is 0 Å². The molecule has 0 bridgehead atoms. The van der Waals surface area contributed by atoms with Crippen LogP contribution < -0.4 is 0 Å². The number of aromatic nitrogens is 2. The van der Waals surface area contributed by atoms with Gasteiger partial charge in [-0.3, -0.25) is 0 Å². The van der Waals surface area contributed by atoms with Crippen molar-refractivity contribution >= 4 is 0 Å². The number of fused-ring (bicyclic) bond motifs is 5. The number of rotatable bonds is 1. The summed E-state index contributed by atoms with van der Waals surface area (Å²) in [6, 6.07) is 2.23. The maximum absolute atomic E-state index is 4.19. The molecule has 136 valence electrons. The average molecular weight is 339 g/mol. The van der Waals surface area contributed by atoms with Crippen molar-refractivity contribution in [1.82, 2.24) is 10.2 Å². The first-order valence-electron chi connectivity index (χ1n) is 10.9. The second-order valence-corrected chi connectivity index (χ2v) is 10.3. The molecule has 2 heteroatoms. The predicted molar refractivity (Wildman–Crippen MR) is 101 cm³/mol. The highest BCUT2D eigenvalue weighted by atomic mass is 15.1. The largest absolute Gasteiger partial charge is 0.159 e. The highest BCUT2D eigenvalue weighted by Gasteiger charge is 2.59. The number of hydrogen-bond donors (Lipinski definition) is 0. The molecule has 1 heterocycles. The van der Waals surface area contributed by atoms with Crippen molar-refractivity contribution in [3.05, 3.63) is 24.0 Å². The zero-order valence-corrected chi connectivity index (χ0v) is 16.1. The second-order valence-electron chi connectivity index (χ2n) is 10.3. The van der Waals surface area contributed by atoms with E-state index in [0.29, 0.717) is 16.7 Å². The third-order valence-corrected chi connectivity index (χ3v) is 9.59. The van der Waals surface area contributed by atoms with Crippen molar-refractivity contribution in [2.45, 2.75) is 84.0 Å². The molecule has 0 N–H and O–H groups in total. The van der Waals surface area contributed by atoms with Crippen LogP contribution in [0.1, 0.15) is 89.5 Å². The smallest absolute Gasteiger partial charge is 0.0531 e. The normalized spacial score (nSPS) is 49.1. The molecule has 4 fully saturated rings. The standard InChI is InChI=1S/C23H34N2/c1-22-12-4-3-5-17(22)6-7-18-20-9-8-19(16-11-14-24-25-15-16)23(20,2)13-10-21(18)22/h11,14-15,17-21H,3-10,12-13H2,1-2H3/t17-,18-,19?,20-,21-,22-,23+/m0/s1. The van der Waals surface area contributed by atoms with Gasteiger partial charge in [0.2, 0.25) is 0 Å². The van der Waals surface area contributed by atoms with Gasteiger partial charge in [-0.1, -0.05) is 26.7 Å². The maximum Gasteiger partial charge on any atom is 0.0531 e. The van der Waals surface area contributed by atoms with Gasteiger partial charge in [-0.15, -0.1) is 0 Å². The summed E-state index contributed by atoms with van der Waals surface area (Å²) in [5.74, 6) is 4.71. The molecule has 0 aliphatic heterocycles. The summed E-state index contributed by atoms with van der Waals surface area (Å²) in [5.41, 5.74) is 2.62. The Morgan fingerprint density at radius 1 is 0.840 bits per heavy atom. The summed E-state index contributed by atoms with van der Waals surface area (Å²) in [5, 5.41) is 8.21. The molecule has 4 aliphatic carbocycles. The summed E-state index contributed by atoms with van der Waals surface area (Å²) in [4.78, 5) is 0.